The van der Waals surface area contributed by atoms with Gasteiger partial charge >= 0.3 is 0 Å². The molecule has 0 aliphatic carbocycles. The molecule has 0 fully saturated rings. The molecule has 0 aliphatic rings. The Labute approximate surface area is 112 Å². The quantitative estimate of drug-likeness (QED) is 0.682. The second kappa shape index (κ2) is 9.06. The lowest BCUT2D eigenvalue weighted by Crippen LogP contribution is -2.29. The molecule has 1 aromatic heterocycles. The first-order valence-corrected chi connectivity index (χ1v) is 7.04. The van der Waals surface area contributed by atoms with Crippen molar-refractivity contribution in [3.63, 3.8) is 0 Å². The molecule has 0 aliphatic heterocycles. The second-order valence-electron chi connectivity index (χ2n) is 5.02. The zero-order chi connectivity index (χ0) is 13.2. The van der Waals surface area contributed by atoms with Crippen LogP contribution in [0.15, 0.2) is 24.5 Å². The maximum atomic E-state index is 4.16. The number of pyridine rings is 1. The molecule has 3 nitrogen and oxygen atoms in total. The van der Waals surface area contributed by atoms with Gasteiger partial charge in [-0.05, 0) is 58.0 Å². The molecule has 18 heavy (non-hydrogen) atoms. The highest BCUT2D eigenvalue weighted by molar-refractivity contribution is 5.08. The van der Waals surface area contributed by atoms with E-state index in [9.17, 15) is 0 Å². The van der Waals surface area contributed by atoms with Crippen LogP contribution < -0.4 is 5.32 Å². The first-order valence-electron chi connectivity index (χ1n) is 7.04. The number of hydrogen-bond donors (Lipinski definition) is 1. The van der Waals surface area contributed by atoms with Crippen molar-refractivity contribution in [1.82, 2.24) is 15.2 Å². The van der Waals surface area contributed by atoms with E-state index in [1.807, 2.05) is 18.5 Å². The molecule has 1 atom stereocenters. The van der Waals surface area contributed by atoms with Gasteiger partial charge < -0.3 is 5.32 Å². The van der Waals surface area contributed by atoms with E-state index in [1.165, 1.54) is 24.8 Å². The van der Waals surface area contributed by atoms with Crippen LogP contribution in [0.1, 0.15) is 38.7 Å². The average molecular weight is 249 g/mol. The molecule has 0 aromatic carbocycles. The second-order valence-corrected chi connectivity index (χ2v) is 5.02. The summed E-state index contributed by atoms with van der Waals surface area (Å²) in [5.41, 5.74) is 1.29. The summed E-state index contributed by atoms with van der Waals surface area (Å²) in [5, 5.41) is 3.45. The van der Waals surface area contributed by atoms with Gasteiger partial charge in [-0.25, -0.2) is 0 Å². The third kappa shape index (κ3) is 6.12. The summed E-state index contributed by atoms with van der Waals surface area (Å²) < 4.78 is 0. The van der Waals surface area contributed by atoms with E-state index in [0.717, 1.165) is 19.6 Å². The Morgan fingerprint density at radius 1 is 1.39 bits per heavy atom. The van der Waals surface area contributed by atoms with Crippen LogP contribution in [-0.2, 0) is 6.54 Å². The van der Waals surface area contributed by atoms with Crippen molar-refractivity contribution in [3.05, 3.63) is 30.1 Å². The Kier molecular flexibility index (Phi) is 7.62. The molecular formula is C15H27N3. The first-order chi connectivity index (χ1) is 8.74. The van der Waals surface area contributed by atoms with E-state index in [-0.39, 0.29) is 0 Å². The molecule has 1 N–H and O–H groups in total. The van der Waals surface area contributed by atoms with Crippen molar-refractivity contribution in [2.24, 2.45) is 0 Å². The molecule has 102 valence electrons. The Balaban J connectivity index is 2.18. The van der Waals surface area contributed by atoms with Crippen LogP contribution in [0, 0.1) is 0 Å². The van der Waals surface area contributed by atoms with Crippen LogP contribution in [0.2, 0.25) is 0 Å². The van der Waals surface area contributed by atoms with Crippen molar-refractivity contribution in [1.29, 1.82) is 0 Å². The normalized spacial score (nSPS) is 12.9. The highest BCUT2D eigenvalue weighted by Crippen LogP contribution is 2.08. The standard InChI is InChI=1S/C15H27N3/c1-4-9-16-10-5-7-14(2)18(3)13-15-8-6-11-17-12-15/h6,8,11-12,14,16H,4-5,7,9-10,13H2,1-3H3. The maximum absolute atomic E-state index is 4.16. The van der Waals surface area contributed by atoms with Gasteiger partial charge in [0.2, 0.25) is 0 Å². The molecule has 1 heterocycles. The molecule has 3 heteroatoms. The van der Waals surface area contributed by atoms with E-state index in [0.29, 0.717) is 6.04 Å². The van der Waals surface area contributed by atoms with E-state index in [4.69, 9.17) is 0 Å². The largest absolute Gasteiger partial charge is 0.317 e. The number of nitrogens with zero attached hydrogens (tertiary/aromatic N) is 2. The van der Waals surface area contributed by atoms with Crippen molar-refractivity contribution < 1.29 is 0 Å². The average Bonchev–Trinajstić information content (AvgIpc) is 2.39. The van der Waals surface area contributed by atoms with Gasteiger partial charge in [0.15, 0.2) is 0 Å². The number of hydrogen-bond acceptors (Lipinski definition) is 3. The van der Waals surface area contributed by atoms with Gasteiger partial charge in [0.05, 0.1) is 0 Å². The highest BCUT2D eigenvalue weighted by Gasteiger charge is 2.09. The van der Waals surface area contributed by atoms with E-state index in [2.05, 4.69) is 42.2 Å². The zero-order valence-electron chi connectivity index (χ0n) is 12.0. The third-order valence-electron chi connectivity index (χ3n) is 3.31. The third-order valence-corrected chi connectivity index (χ3v) is 3.31. The van der Waals surface area contributed by atoms with Crippen LogP contribution in [0.3, 0.4) is 0 Å². The lowest BCUT2D eigenvalue weighted by atomic mass is 10.1. The maximum Gasteiger partial charge on any atom is 0.0312 e. The Morgan fingerprint density at radius 2 is 2.22 bits per heavy atom. The molecule has 0 saturated heterocycles. The van der Waals surface area contributed by atoms with Gasteiger partial charge in [0.1, 0.15) is 0 Å². The summed E-state index contributed by atoms with van der Waals surface area (Å²) in [6.07, 6.45) is 7.49. The number of rotatable bonds is 9. The summed E-state index contributed by atoms with van der Waals surface area (Å²) >= 11 is 0. The van der Waals surface area contributed by atoms with E-state index in [1.54, 1.807) is 0 Å². The van der Waals surface area contributed by atoms with Gasteiger partial charge in [-0.3, -0.25) is 9.88 Å². The fraction of sp³-hybridized carbons (Fsp3) is 0.667. The van der Waals surface area contributed by atoms with Crippen LogP contribution in [0.4, 0.5) is 0 Å². The zero-order valence-corrected chi connectivity index (χ0v) is 12.0. The summed E-state index contributed by atoms with van der Waals surface area (Å²) in [4.78, 5) is 6.56. The smallest absolute Gasteiger partial charge is 0.0312 e. The lowest BCUT2D eigenvalue weighted by molar-refractivity contribution is 0.234. The number of aromatic nitrogens is 1. The minimum atomic E-state index is 0.619. The van der Waals surface area contributed by atoms with Crippen LogP contribution >= 0.6 is 0 Å². The monoisotopic (exact) mass is 249 g/mol. The predicted octanol–water partition coefficient (Wildman–Crippen LogP) is 2.68. The fourth-order valence-electron chi connectivity index (χ4n) is 1.98. The Morgan fingerprint density at radius 3 is 2.89 bits per heavy atom. The minimum absolute atomic E-state index is 0.619. The van der Waals surface area contributed by atoms with Crippen molar-refractivity contribution in [2.45, 2.75) is 45.7 Å². The fourth-order valence-corrected chi connectivity index (χ4v) is 1.98. The van der Waals surface area contributed by atoms with Crippen LogP contribution in [0.25, 0.3) is 0 Å². The topological polar surface area (TPSA) is 28.2 Å². The summed E-state index contributed by atoms with van der Waals surface area (Å²) in [5.74, 6) is 0. The SMILES string of the molecule is CCCNCCCC(C)N(C)Cc1cccnc1. The van der Waals surface area contributed by atoms with Gasteiger partial charge in [-0.1, -0.05) is 13.0 Å². The minimum Gasteiger partial charge on any atom is -0.317 e. The Bertz CT molecular complexity index is 300. The first kappa shape index (κ1) is 15.1. The van der Waals surface area contributed by atoms with Gasteiger partial charge in [-0.2, -0.15) is 0 Å². The molecule has 0 saturated carbocycles. The lowest BCUT2D eigenvalue weighted by Gasteiger charge is -2.24. The van der Waals surface area contributed by atoms with E-state index < -0.39 is 0 Å². The van der Waals surface area contributed by atoms with Crippen LogP contribution in [0.5, 0.6) is 0 Å². The molecular weight excluding hydrogens is 222 g/mol. The molecule has 1 aromatic rings. The van der Waals surface area contributed by atoms with Gasteiger partial charge in [0.25, 0.3) is 0 Å². The predicted molar refractivity (Wildman–Crippen MR) is 77.6 cm³/mol. The van der Waals surface area contributed by atoms with E-state index >= 15 is 0 Å². The molecule has 0 amide bonds. The molecule has 1 unspecified atom stereocenters. The van der Waals surface area contributed by atoms with Crippen molar-refractivity contribution in [2.75, 3.05) is 20.1 Å². The molecule has 1 rings (SSSR count). The van der Waals surface area contributed by atoms with Crippen LogP contribution in [-0.4, -0.2) is 36.1 Å². The summed E-state index contributed by atoms with van der Waals surface area (Å²) in [7, 11) is 2.19. The van der Waals surface area contributed by atoms with Crippen molar-refractivity contribution in [3.8, 4) is 0 Å². The molecule has 0 radical (unpaired) electrons. The molecule has 0 spiro atoms. The van der Waals surface area contributed by atoms with Gasteiger partial charge in [0, 0.05) is 25.0 Å². The Hall–Kier alpha value is -0.930. The summed E-state index contributed by atoms with van der Waals surface area (Å²) in [6.45, 7) is 7.77. The molecule has 0 bridgehead atoms. The highest BCUT2D eigenvalue weighted by atomic mass is 15.1. The van der Waals surface area contributed by atoms with Gasteiger partial charge in [-0.15, -0.1) is 0 Å². The number of nitrogens with one attached hydrogen (secondary N) is 1. The van der Waals surface area contributed by atoms with Crippen molar-refractivity contribution >= 4 is 0 Å². The summed E-state index contributed by atoms with van der Waals surface area (Å²) in [6, 6.07) is 4.76.